The van der Waals surface area contributed by atoms with Crippen molar-refractivity contribution in [2.24, 2.45) is 10.9 Å². The lowest BCUT2D eigenvalue weighted by Gasteiger charge is -2.31. The fraction of sp³-hybridized carbons (Fsp3) is 0.350. The van der Waals surface area contributed by atoms with Crippen LogP contribution in [-0.2, 0) is 10.1 Å². The lowest BCUT2D eigenvalue weighted by Crippen LogP contribution is -2.32. The molecule has 2 N–H and O–H groups in total. The van der Waals surface area contributed by atoms with Gasteiger partial charge >= 0.3 is 10.1 Å². The Balaban J connectivity index is 1.95. The van der Waals surface area contributed by atoms with E-state index in [0.29, 0.717) is 5.75 Å². The zero-order valence-electron chi connectivity index (χ0n) is 16.6. The number of ether oxygens (including phenoxy) is 1. The predicted molar refractivity (Wildman–Crippen MR) is 118 cm³/mol. The van der Waals surface area contributed by atoms with Crippen molar-refractivity contribution in [3.63, 3.8) is 0 Å². The number of methoxy groups -OCH3 is 1. The van der Waals surface area contributed by atoms with E-state index in [1.54, 1.807) is 12.4 Å². The Morgan fingerprint density at radius 1 is 1.23 bits per heavy atom. The third-order valence-electron chi connectivity index (χ3n) is 5.02. The number of hydrazone groups is 1. The number of piperidine rings is 1. The van der Waals surface area contributed by atoms with Crippen LogP contribution in [0.3, 0.4) is 0 Å². The van der Waals surface area contributed by atoms with Crippen LogP contribution >= 0.6 is 23.2 Å². The fourth-order valence-corrected chi connectivity index (χ4v) is 5.28. The molecular formula is C20H23Cl2N3O4S. The lowest BCUT2D eigenvalue weighted by molar-refractivity contribution is 0.311. The van der Waals surface area contributed by atoms with Gasteiger partial charge in [0.2, 0.25) is 0 Å². The second kappa shape index (κ2) is 9.32. The van der Waals surface area contributed by atoms with E-state index < -0.39 is 10.1 Å². The van der Waals surface area contributed by atoms with Gasteiger partial charge in [-0.15, -0.1) is 0 Å². The molecule has 0 spiro atoms. The average Bonchev–Trinajstić information content (AvgIpc) is 2.70. The monoisotopic (exact) mass is 471 g/mol. The maximum atomic E-state index is 12.9. The minimum absolute atomic E-state index is 0.0834. The molecule has 0 saturated carbocycles. The van der Waals surface area contributed by atoms with Crippen molar-refractivity contribution in [1.82, 2.24) is 4.90 Å². The minimum atomic E-state index is -4.22. The highest BCUT2D eigenvalue weighted by Gasteiger charge is 2.28. The molecule has 0 bridgehead atoms. The van der Waals surface area contributed by atoms with Gasteiger partial charge in [-0.2, -0.15) is 13.5 Å². The summed E-state index contributed by atoms with van der Waals surface area (Å²) in [5, 5.41) is 3.62. The number of nitrogens with zero attached hydrogens (tertiary/aromatic N) is 2. The summed E-state index contributed by atoms with van der Waals surface area (Å²) >= 11 is 12.1. The number of benzene rings is 2. The summed E-state index contributed by atoms with van der Waals surface area (Å²) in [7, 11) is -2.72. The van der Waals surface area contributed by atoms with E-state index in [-0.39, 0.29) is 26.6 Å². The number of halogens is 2. The van der Waals surface area contributed by atoms with Crippen LogP contribution in [0.15, 0.2) is 40.3 Å². The van der Waals surface area contributed by atoms with Crippen molar-refractivity contribution < 1.29 is 17.3 Å². The molecule has 0 unspecified atom stereocenters. The van der Waals surface area contributed by atoms with Gasteiger partial charge in [-0.25, -0.2) is 0 Å². The van der Waals surface area contributed by atoms with Crippen LogP contribution in [-0.4, -0.2) is 39.9 Å². The molecule has 1 saturated heterocycles. The van der Waals surface area contributed by atoms with Crippen LogP contribution in [0.5, 0.6) is 11.5 Å². The van der Waals surface area contributed by atoms with E-state index in [4.69, 9.17) is 38.0 Å². The van der Waals surface area contributed by atoms with Crippen LogP contribution in [0.25, 0.3) is 0 Å². The van der Waals surface area contributed by atoms with Gasteiger partial charge in [0.05, 0.1) is 17.2 Å². The number of hydrogen-bond acceptors (Lipinski definition) is 6. The number of nitrogens with two attached hydrogens (primary N) is 1. The zero-order chi connectivity index (χ0) is 21.9. The van der Waals surface area contributed by atoms with Crippen LogP contribution in [0, 0.1) is 6.92 Å². The van der Waals surface area contributed by atoms with Gasteiger partial charge in [-0.1, -0.05) is 35.3 Å². The number of aryl methyl sites for hydroxylation is 1. The number of rotatable bonds is 6. The molecule has 0 aliphatic carbocycles. The fourth-order valence-electron chi connectivity index (χ4n) is 3.61. The van der Waals surface area contributed by atoms with Crippen LogP contribution in [0.4, 0.5) is 0 Å². The summed E-state index contributed by atoms with van der Waals surface area (Å²) in [5.74, 6) is 5.93. The van der Waals surface area contributed by atoms with Crippen molar-refractivity contribution >= 4 is 39.7 Å². The van der Waals surface area contributed by atoms with E-state index in [9.17, 15) is 8.42 Å². The molecule has 7 nitrogen and oxygen atoms in total. The maximum absolute atomic E-state index is 12.9. The quantitative estimate of drug-likeness (QED) is 0.223. The standard InChI is InChI=1S/C20H23Cl2N3O4S/c1-13-10-15(14-6-8-25(9-7-14)12-24-23)20(28-2)17(11-13)29-30(26,27)18-5-3-4-16(21)19(18)22/h3-5,10-12,14H,6-9,23H2,1-2H3. The second-order valence-electron chi connectivity index (χ2n) is 7.05. The van der Waals surface area contributed by atoms with Gasteiger partial charge in [-0.3, -0.25) is 0 Å². The molecule has 0 aromatic heterocycles. The lowest BCUT2D eigenvalue weighted by atomic mass is 9.88. The average molecular weight is 472 g/mol. The van der Waals surface area contributed by atoms with Gasteiger partial charge in [-0.05, 0) is 49.4 Å². The second-order valence-corrected chi connectivity index (χ2v) is 9.35. The minimum Gasteiger partial charge on any atom is -0.492 e. The van der Waals surface area contributed by atoms with E-state index in [1.165, 1.54) is 25.3 Å². The Kier molecular flexibility index (Phi) is 7.00. The third kappa shape index (κ3) is 4.77. The molecule has 30 heavy (non-hydrogen) atoms. The van der Waals surface area contributed by atoms with Crippen molar-refractivity contribution in [2.75, 3.05) is 20.2 Å². The maximum Gasteiger partial charge on any atom is 0.340 e. The van der Waals surface area contributed by atoms with E-state index >= 15 is 0 Å². The molecule has 1 aliphatic rings. The summed E-state index contributed by atoms with van der Waals surface area (Å²) in [6, 6.07) is 8.00. The van der Waals surface area contributed by atoms with Crippen LogP contribution in [0.2, 0.25) is 10.0 Å². The smallest absolute Gasteiger partial charge is 0.340 e. The molecule has 10 heteroatoms. The molecule has 0 amide bonds. The Morgan fingerprint density at radius 3 is 2.57 bits per heavy atom. The van der Waals surface area contributed by atoms with E-state index in [0.717, 1.165) is 37.1 Å². The first-order valence-electron chi connectivity index (χ1n) is 9.31. The van der Waals surface area contributed by atoms with Crippen molar-refractivity contribution in [3.05, 3.63) is 51.5 Å². The van der Waals surface area contributed by atoms with Crippen molar-refractivity contribution in [1.29, 1.82) is 0 Å². The molecule has 1 fully saturated rings. The van der Waals surface area contributed by atoms with Gasteiger partial charge in [0.15, 0.2) is 11.5 Å². The van der Waals surface area contributed by atoms with Crippen molar-refractivity contribution in [2.45, 2.75) is 30.6 Å². The number of likely N-dealkylation sites (tertiary alicyclic amines) is 1. The highest BCUT2D eigenvalue weighted by atomic mass is 35.5. The largest absolute Gasteiger partial charge is 0.492 e. The molecule has 2 aromatic carbocycles. The summed E-state index contributed by atoms with van der Waals surface area (Å²) < 4.78 is 36.9. The van der Waals surface area contributed by atoms with Crippen LogP contribution < -0.4 is 14.8 Å². The normalized spacial score (nSPS) is 15.5. The molecule has 0 atom stereocenters. The Morgan fingerprint density at radius 2 is 1.93 bits per heavy atom. The van der Waals surface area contributed by atoms with Crippen molar-refractivity contribution in [3.8, 4) is 11.5 Å². The molecule has 162 valence electrons. The Hall–Kier alpha value is -2.16. The zero-order valence-corrected chi connectivity index (χ0v) is 19.0. The molecule has 3 rings (SSSR count). The van der Waals surface area contributed by atoms with E-state index in [2.05, 4.69) is 5.10 Å². The first-order chi connectivity index (χ1) is 14.3. The number of hydrogen-bond donors (Lipinski definition) is 1. The SMILES string of the molecule is COc1c(OS(=O)(=O)c2cccc(Cl)c2Cl)cc(C)cc1C1CCN(C=NN)CC1. The third-order valence-corrected chi connectivity index (χ3v) is 7.23. The van der Waals surface area contributed by atoms with Crippen LogP contribution in [0.1, 0.15) is 29.9 Å². The first kappa shape index (κ1) is 22.5. The molecular weight excluding hydrogens is 449 g/mol. The van der Waals surface area contributed by atoms with Gasteiger partial charge in [0.1, 0.15) is 11.2 Å². The summed E-state index contributed by atoms with van der Waals surface area (Å²) in [5.41, 5.74) is 1.77. The molecule has 1 heterocycles. The highest BCUT2D eigenvalue weighted by molar-refractivity contribution is 7.87. The molecule has 1 aliphatic heterocycles. The topological polar surface area (TPSA) is 94.2 Å². The first-order valence-corrected chi connectivity index (χ1v) is 11.5. The van der Waals surface area contributed by atoms with Gasteiger partial charge in [0, 0.05) is 18.7 Å². The summed E-state index contributed by atoms with van der Waals surface area (Å²) in [4.78, 5) is 1.85. The van der Waals surface area contributed by atoms with E-state index in [1.807, 2.05) is 17.9 Å². The summed E-state index contributed by atoms with van der Waals surface area (Å²) in [6.45, 7) is 3.45. The Labute approximate surface area is 186 Å². The van der Waals surface area contributed by atoms with Gasteiger partial charge < -0.3 is 19.7 Å². The Bertz CT molecular complexity index is 1050. The predicted octanol–water partition coefficient (Wildman–Crippen LogP) is 4.16. The van der Waals surface area contributed by atoms with Gasteiger partial charge in [0.25, 0.3) is 0 Å². The highest BCUT2D eigenvalue weighted by Crippen LogP contribution is 2.42. The molecule has 2 aromatic rings. The summed E-state index contributed by atoms with van der Waals surface area (Å²) in [6.07, 6.45) is 3.32. The molecule has 0 radical (unpaired) electrons.